The fraction of sp³-hybridized carbons (Fsp3) is 0.138. The number of thiazole rings is 1. The number of rotatable bonds is 7. The number of hydrogen-bond donors (Lipinski definition) is 2. The summed E-state index contributed by atoms with van der Waals surface area (Å²) in [4.78, 5) is 32.4. The summed E-state index contributed by atoms with van der Waals surface area (Å²) in [5, 5.41) is 13.0. The van der Waals surface area contributed by atoms with Crippen molar-refractivity contribution in [3.63, 3.8) is 0 Å². The number of anilines is 1. The lowest BCUT2D eigenvalue weighted by Gasteiger charge is -2.25. The number of hydrogen-bond acceptors (Lipinski definition) is 7. The van der Waals surface area contributed by atoms with Crippen LogP contribution in [0.5, 0.6) is 17.2 Å². The van der Waals surface area contributed by atoms with Gasteiger partial charge in [0.25, 0.3) is 11.5 Å². The Morgan fingerprint density at radius 3 is 2.55 bits per heavy atom. The lowest BCUT2D eigenvalue weighted by atomic mass is 9.94. The molecule has 2 N–H and O–H groups in total. The van der Waals surface area contributed by atoms with Crippen LogP contribution in [-0.2, 0) is 4.79 Å². The number of nitrogens with one attached hydrogen (secondary N) is 1. The number of benzene rings is 3. The van der Waals surface area contributed by atoms with E-state index in [0.29, 0.717) is 21.7 Å². The maximum Gasteiger partial charge on any atom is 0.387 e. The Morgan fingerprint density at radius 1 is 1.10 bits per heavy atom. The van der Waals surface area contributed by atoms with E-state index in [4.69, 9.17) is 4.74 Å². The minimum absolute atomic E-state index is 0.0812. The maximum absolute atomic E-state index is 13.8. The van der Waals surface area contributed by atoms with E-state index in [9.17, 15) is 23.5 Å². The molecule has 0 fully saturated rings. The van der Waals surface area contributed by atoms with Gasteiger partial charge in [-0.2, -0.15) is 8.78 Å². The third-order valence-corrected chi connectivity index (χ3v) is 7.22. The zero-order valence-electron chi connectivity index (χ0n) is 21.3. The molecule has 3 aromatic carbocycles. The van der Waals surface area contributed by atoms with Gasteiger partial charge in [-0.05, 0) is 48.9 Å². The van der Waals surface area contributed by atoms with Crippen LogP contribution in [0.15, 0.2) is 93.9 Å². The minimum Gasteiger partial charge on any atom is -0.504 e. The molecule has 1 aliphatic heterocycles. The zero-order chi connectivity index (χ0) is 28.4. The van der Waals surface area contributed by atoms with E-state index in [1.165, 1.54) is 29.9 Å². The van der Waals surface area contributed by atoms with Crippen LogP contribution in [0.2, 0.25) is 0 Å². The number of ether oxygens (including phenoxy) is 2. The first-order chi connectivity index (χ1) is 19.3. The molecule has 1 atom stereocenters. The van der Waals surface area contributed by atoms with E-state index in [0.717, 1.165) is 11.3 Å². The van der Waals surface area contributed by atoms with Gasteiger partial charge in [0.15, 0.2) is 16.3 Å². The van der Waals surface area contributed by atoms with Gasteiger partial charge in [0.2, 0.25) is 0 Å². The number of aromatic nitrogens is 1. The fourth-order valence-electron chi connectivity index (χ4n) is 4.46. The average molecular weight is 564 g/mol. The van der Waals surface area contributed by atoms with Crippen LogP contribution in [0.4, 0.5) is 14.5 Å². The Labute approximate surface area is 230 Å². The van der Waals surface area contributed by atoms with Crippen molar-refractivity contribution in [2.24, 2.45) is 4.99 Å². The second-order valence-corrected chi connectivity index (χ2v) is 9.76. The number of fused-ring (bicyclic) bond motifs is 1. The average Bonchev–Trinajstić information content (AvgIpc) is 3.23. The highest BCUT2D eigenvalue weighted by Gasteiger charge is 2.33. The summed E-state index contributed by atoms with van der Waals surface area (Å²) >= 11 is 1.06. The summed E-state index contributed by atoms with van der Waals surface area (Å²) in [6, 6.07) is 18.6. The van der Waals surface area contributed by atoms with Gasteiger partial charge in [-0.1, -0.05) is 53.8 Å². The third kappa shape index (κ3) is 5.23. The third-order valence-electron chi connectivity index (χ3n) is 6.24. The Kier molecular flexibility index (Phi) is 7.47. The van der Waals surface area contributed by atoms with Crippen LogP contribution in [0.1, 0.15) is 24.1 Å². The highest BCUT2D eigenvalue weighted by atomic mass is 32.1. The van der Waals surface area contributed by atoms with Crippen LogP contribution < -0.4 is 29.7 Å². The number of phenols is 1. The largest absolute Gasteiger partial charge is 0.504 e. The number of halogens is 2. The van der Waals surface area contributed by atoms with E-state index < -0.39 is 24.1 Å². The zero-order valence-corrected chi connectivity index (χ0v) is 22.1. The molecule has 11 heteroatoms. The highest BCUT2D eigenvalue weighted by Crippen LogP contribution is 2.35. The maximum atomic E-state index is 13.8. The number of aromatic hydroxyl groups is 1. The van der Waals surface area contributed by atoms with E-state index in [1.54, 1.807) is 61.5 Å². The summed E-state index contributed by atoms with van der Waals surface area (Å²) in [6.07, 6.45) is 1.46. The molecule has 8 nitrogen and oxygen atoms in total. The molecule has 0 saturated carbocycles. The monoisotopic (exact) mass is 563 g/mol. The number of allylic oxidation sites excluding steroid dienone is 1. The molecule has 1 aromatic heterocycles. The summed E-state index contributed by atoms with van der Waals surface area (Å²) < 4.78 is 37.4. The highest BCUT2D eigenvalue weighted by molar-refractivity contribution is 7.07. The van der Waals surface area contributed by atoms with Crippen molar-refractivity contribution < 1.29 is 28.2 Å². The Morgan fingerprint density at radius 2 is 1.82 bits per heavy atom. The number of methoxy groups -OCH3 is 1. The van der Waals surface area contributed by atoms with Gasteiger partial charge in [-0.3, -0.25) is 14.2 Å². The van der Waals surface area contributed by atoms with Gasteiger partial charge in [-0.15, -0.1) is 0 Å². The molecule has 0 radical (unpaired) electrons. The predicted molar refractivity (Wildman–Crippen MR) is 147 cm³/mol. The molecule has 5 rings (SSSR count). The van der Waals surface area contributed by atoms with Crippen molar-refractivity contribution in [2.45, 2.75) is 19.6 Å². The first-order valence-electron chi connectivity index (χ1n) is 12.1. The number of alkyl halides is 2. The predicted octanol–water partition coefficient (Wildman–Crippen LogP) is 4.19. The van der Waals surface area contributed by atoms with Gasteiger partial charge in [0.05, 0.1) is 29.0 Å². The number of phenolic OH excluding ortho intramolecular Hbond substituents is 1. The van der Waals surface area contributed by atoms with Gasteiger partial charge >= 0.3 is 6.61 Å². The fourth-order valence-corrected chi connectivity index (χ4v) is 5.49. The van der Waals surface area contributed by atoms with E-state index in [-0.39, 0.29) is 32.9 Å². The van der Waals surface area contributed by atoms with Crippen molar-refractivity contribution in [2.75, 3.05) is 12.4 Å². The molecular formula is C29H23F2N3O5S. The van der Waals surface area contributed by atoms with Crippen molar-refractivity contribution >= 4 is 29.0 Å². The Hall–Kier alpha value is -4.77. The van der Waals surface area contributed by atoms with Gasteiger partial charge in [0.1, 0.15) is 5.75 Å². The second-order valence-electron chi connectivity index (χ2n) is 8.75. The smallest absolute Gasteiger partial charge is 0.387 e. The summed E-state index contributed by atoms with van der Waals surface area (Å²) in [6.45, 7) is -1.36. The molecule has 40 heavy (non-hydrogen) atoms. The van der Waals surface area contributed by atoms with Crippen LogP contribution in [0.3, 0.4) is 0 Å². The molecule has 2 heterocycles. The molecule has 0 spiro atoms. The number of carbonyl (C=O) groups excluding carboxylic acids is 1. The normalized spacial score (nSPS) is 15.0. The molecule has 0 saturated heterocycles. The lowest BCUT2D eigenvalue weighted by molar-refractivity contribution is -0.113. The van der Waals surface area contributed by atoms with E-state index in [2.05, 4.69) is 15.0 Å². The van der Waals surface area contributed by atoms with Crippen LogP contribution in [0, 0.1) is 0 Å². The number of nitrogens with zero attached hydrogens (tertiary/aromatic N) is 2. The standard InChI is InChI=1S/C29H23F2N3O5S/c1-16-24(26(36)33-19-9-4-3-5-10-19)25(18-12-13-20(35)22(14-18)38-2)34-27(37)23(40-29(34)32-16)15-17-8-6-7-11-21(17)39-28(30)31/h3-15,25,28,35H,1-2H3,(H,33,36)/b23-15+. The Balaban J connectivity index is 1.70. The first-order valence-corrected chi connectivity index (χ1v) is 12.9. The van der Waals surface area contributed by atoms with Crippen LogP contribution in [0.25, 0.3) is 6.08 Å². The summed E-state index contributed by atoms with van der Waals surface area (Å²) in [7, 11) is 1.40. The summed E-state index contributed by atoms with van der Waals surface area (Å²) in [5.41, 5.74) is 1.47. The van der Waals surface area contributed by atoms with Crippen molar-refractivity contribution in [1.29, 1.82) is 0 Å². The number of amides is 1. The molecule has 1 aliphatic rings. The van der Waals surface area contributed by atoms with Crippen LogP contribution >= 0.6 is 11.3 Å². The van der Waals surface area contributed by atoms with Gasteiger partial charge < -0.3 is 19.9 Å². The molecule has 0 aliphatic carbocycles. The van der Waals surface area contributed by atoms with Crippen molar-refractivity contribution in [1.82, 2.24) is 4.57 Å². The molecular weight excluding hydrogens is 540 g/mol. The molecule has 204 valence electrons. The van der Waals surface area contributed by atoms with Crippen LogP contribution in [-0.4, -0.2) is 29.3 Å². The molecule has 1 amide bonds. The van der Waals surface area contributed by atoms with Gasteiger partial charge in [-0.25, -0.2) is 4.99 Å². The van der Waals surface area contributed by atoms with Gasteiger partial charge in [0, 0.05) is 11.3 Å². The second kappa shape index (κ2) is 11.1. The molecule has 1 unspecified atom stereocenters. The number of carbonyl (C=O) groups is 1. The summed E-state index contributed by atoms with van der Waals surface area (Å²) in [5.74, 6) is -0.489. The topological polar surface area (TPSA) is 102 Å². The molecule has 4 aromatic rings. The van der Waals surface area contributed by atoms with Crippen molar-refractivity contribution in [3.8, 4) is 17.2 Å². The first kappa shape index (κ1) is 26.8. The molecule has 0 bridgehead atoms. The Bertz CT molecular complexity index is 1800. The number of para-hydroxylation sites is 2. The SMILES string of the molecule is COc1cc(C2C(C(=O)Nc3ccccc3)=C(C)N=c3s/c(=C/c4ccccc4OC(F)F)c(=O)n32)ccc1O. The lowest BCUT2D eigenvalue weighted by Crippen LogP contribution is -2.40. The van der Waals surface area contributed by atoms with Crippen molar-refractivity contribution in [3.05, 3.63) is 115 Å². The minimum atomic E-state index is -3.03. The van der Waals surface area contributed by atoms with E-state index in [1.807, 2.05) is 6.07 Å². The quantitative estimate of drug-likeness (QED) is 0.351. The van der Waals surface area contributed by atoms with E-state index >= 15 is 0 Å².